The average molecular weight is 422 g/mol. The van der Waals surface area contributed by atoms with Crippen molar-refractivity contribution in [3.8, 4) is 5.75 Å². The third-order valence-electron chi connectivity index (χ3n) is 5.59. The smallest absolute Gasteiger partial charge is 0.289 e. The van der Waals surface area contributed by atoms with Crippen molar-refractivity contribution in [2.75, 3.05) is 31.8 Å². The topological polar surface area (TPSA) is 111 Å². The van der Waals surface area contributed by atoms with Crippen molar-refractivity contribution in [1.82, 2.24) is 25.1 Å². The van der Waals surface area contributed by atoms with Crippen LogP contribution < -0.4 is 15.0 Å². The second-order valence-electron chi connectivity index (χ2n) is 7.63. The summed E-state index contributed by atoms with van der Waals surface area (Å²) in [6, 6.07) is 6.46. The average Bonchev–Trinajstić information content (AvgIpc) is 3.20. The summed E-state index contributed by atoms with van der Waals surface area (Å²) in [6.07, 6.45) is 5.13. The van der Waals surface area contributed by atoms with Gasteiger partial charge < -0.3 is 19.7 Å². The van der Waals surface area contributed by atoms with Crippen LogP contribution in [-0.2, 0) is 9.53 Å². The molecule has 0 bridgehead atoms. The molecule has 0 radical (unpaired) electrons. The first kappa shape index (κ1) is 19.4. The van der Waals surface area contributed by atoms with Crippen LogP contribution in [0.1, 0.15) is 29.5 Å². The molecule has 2 aliphatic heterocycles. The van der Waals surface area contributed by atoms with Crippen molar-refractivity contribution < 1.29 is 19.1 Å². The van der Waals surface area contributed by atoms with E-state index in [9.17, 15) is 9.59 Å². The molecule has 10 nitrogen and oxygen atoms in total. The fraction of sp³-hybridized carbons (Fsp3) is 0.381. The number of carbonyl (C=O) groups excluding carboxylic acids is 2. The minimum Gasteiger partial charge on any atom is -0.489 e. The van der Waals surface area contributed by atoms with Gasteiger partial charge in [-0.15, -0.1) is 0 Å². The van der Waals surface area contributed by atoms with Crippen LogP contribution in [0.3, 0.4) is 0 Å². The molecule has 0 saturated carbocycles. The van der Waals surface area contributed by atoms with Crippen molar-refractivity contribution in [3.63, 3.8) is 0 Å². The number of carbonyl (C=O) groups is 2. The molecule has 0 spiro atoms. The van der Waals surface area contributed by atoms with Crippen LogP contribution in [0.5, 0.6) is 5.75 Å². The Balaban J connectivity index is 1.37. The molecular formula is C21H22N6O4. The number of nitrogens with zero attached hydrogens (tertiary/aromatic N) is 5. The molecule has 31 heavy (non-hydrogen) atoms. The molecule has 2 atom stereocenters. The number of rotatable bonds is 3. The number of ether oxygens (including phenoxy) is 2. The van der Waals surface area contributed by atoms with Crippen molar-refractivity contribution in [2.24, 2.45) is 0 Å². The largest absolute Gasteiger partial charge is 0.489 e. The standard InChI is InChI=1S/C21H22N6O4/c1-26-16-6-2-3-7-17(16)31-12-15(21(26)29)24-20(28)18-22-9-13-10-23-27(19(13)25-18)14-5-4-8-30-11-14/h2-3,6-7,9-10,14-15H,4-5,8,11-12H2,1H3,(H,24,28)/t14?,15-/m0/s1. The molecule has 160 valence electrons. The van der Waals surface area contributed by atoms with Crippen molar-refractivity contribution in [1.29, 1.82) is 0 Å². The number of benzene rings is 1. The molecule has 4 heterocycles. The van der Waals surface area contributed by atoms with Gasteiger partial charge in [0.15, 0.2) is 5.65 Å². The molecule has 1 fully saturated rings. The molecular weight excluding hydrogens is 400 g/mol. The molecule has 2 amide bonds. The molecule has 1 saturated heterocycles. The van der Waals surface area contributed by atoms with E-state index in [4.69, 9.17) is 9.47 Å². The maximum absolute atomic E-state index is 12.9. The van der Waals surface area contributed by atoms with Crippen LogP contribution in [-0.4, -0.2) is 64.5 Å². The van der Waals surface area contributed by atoms with Crippen molar-refractivity contribution in [2.45, 2.75) is 24.9 Å². The minimum atomic E-state index is -0.860. The molecule has 1 N–H and O–H groups in total. The maximum atomic E-state index is 12.9. The third kappa shape index (κ3) is 3.59. The van der Waals surface area contributed by atoms with Gasteiger partial charge in [0.1, 0.15) is 18.4 Å². The van der Waals surface area contributed by atoms with Crippen molar-refractivity contribution in [3.05, 3.63) is 42.5 Å². The molecule has 0 aliphatic carbocycles. The van der Waals surface area contributed by atoms with Gasteiger partial charge in [-0.05, 0) is 25.0 Å². The zero-order valence-corrected chi connectivity index (χ0v) is 17.0. The Morgan fingerprint density at radius 2 is 2.10 bits per heavy atom. The van der Waals surface area contributed by atoms with E-state index in [1.807, 2.05) is 12.1 Å². The second kappa shape index (κ2) is 7.95. The summed E-state index contributed by atoms with van der Waals surface area (Å²) in [5, 5.41) is 7.87. The lowest BCUT2D eigenvalue weighted by Crippen LogP contribution is -2.49. The Kier molecular flexibility index (Phi) is 4.99. The minimum absolute atomic E-state index is 0.0194. The fourth-order valence-electron chi connectivity index (χ4n) is 3.91. The quantitative estimate of drug-likeness (QED) is 0.678. The van der Waals surface area contributed by atoms with Gasteiger partial charge in [0.05, 0.1) is 29.9 Å². The summed E-state index contributed by atoms with van der Waals surface area (Å²) in [5.41, 5.74) is 1.23. The number of likely N-dealkylation sites (N-methyl/N-ethyl adjacent to an activating group) is 1. The molecule has 2 aliphatic rings. The van der Waals surface area contributed by atoms with E-state index < -0.39 is 11.9 Å². The monoisotopic (exact) mass is 422 g/mol. The first-order valence-corrected chi connectivity index (χ1v) is 10.2. The van der Waals surface area contributed by atoms with E-state index in [1.165, 1.54) is 4.90 Å². The fourth-order valence-corrected chi connectivity index (χ4v) is 3.91. The number of hydrogen-bond acceptors (Lipinski definition) is 7. The summed E-state index contributed by atoms with van der Waals surface area (Å²) in [6.45, 7) is 1.32. The summed E-state index contributed by atoms with van der Waals surface area (Å²) in [5.74, 6) is -0.255. The lowest BCUT2D eigenvalue weighted by molar-refractivity contribution is -0.120. The zero-order valence-electron chi connectivity index (χ0n) is 17.0. The molecule has 10 heteroatoms. The highest BCUT2D eigenvalue weighted by atomic mass is 16.5. The van der Waals surface area contributed by atoms with Crippen LogP contribution in [0.2, 0.25) is 0 Å². The lowest BCUT2D eigenvalue weighted by Gasteiger charge is -2.22. The highest BCUT2D eigenvalue weighted by Crippen LogP contribution is 2.30. The SMILES string of the molecule is CN1C(=O)[C@@H](NC(=O)c2ncc3cnn(C4CCCOC4)c3n2)COc2ccccc21. The van der Waals surface area contributed by atoms with Crippen LogP contribution in [0.25, 0.3) is 11.0 Å². The van der Waals surface area contributed by atoms with Gasteiger partial charge in [-0.1, -0.05) is 12.1 Å². The van der Waals surface area contributed by atoms with Gasteiger partial charge in [-0.3, -0.25) is 9.59 Å². The van der Waals surface area contributed by atoms with Crippen LogP contribution >= 0.6 is 0 Å². The van der Waals surface area contributed by atoms with E-state index >= 15 is 0 Å². The van der Waals surface area contributed by atoms with Gasteiger partial charge in [0, 0.05) is 19.9 Å². The summed E-state index contributed by atoms with van der Waals surface area (Å²) in [7, 11) is 1.66. The number of aromatic nitrogens is 4. The molecule has 1 aromatic carbocycles. The number of anilines is 1. The van der Waals surface area contributed by atoms with Gasteiger partial charge in [0.25, 0.3) is 11.8 Å². The lowest BCUT2D eigenvalue weighted by atomic mass is 10.1. The van der Waals surface area contributed by atoms with Gasteiger partial charge in [0.2, 0.25) is 5.82 Å². The van der Waals surface area contributed by atoms with E-state index in [-0.39, 0.29) is 24.4 Å². The maximum Gasteiger partial charge on any atom is 0.289 e. The number of fused-ring (bicyclic) bond motifs is 2. The van der Waals surface area contributed by atoms with Gasteiger partial charge >= 0.3 is 0 Å². The van der Waals surface area contributed by atoms with Crippen LogP contribution in [0.15, 0.2) is 36.7 Å². The van der Waals surface area contributed by atoms with E-state index in [2.05, 4.69) is 20.4 Å². The Labute approximate surface area is 178 Å². The molecule has 1 unspecified atom stereocenters. The van der Waals surface area contributed by atoms with Gasteiger partial charge in [-0.25, -0.2) is 14.6 Å². The highest BCUT2D eigenvalue weighted by Gasteiger charge is 2.31. The Morgan fingerprint density at radius 3 is 2.94 bits per heavy atom. The van der Waals surface area contributed by atoms with Crippen LogP contribution in [0, 0.1) is 0 Å². The van der Waals surface area contributed by atoms with E-state index in [0.717, 1.165) is 24.8 Å². The zero-order chi connectivity index (χ0) is 21.4. The van der Waals surface area contributed by atoms with Crippen molar-refractivity contribution >= 4 is 28.5 Å². The Morgan fingerprint density at radius 1 is 1.23 bits per heavy atom. The highest BCUT2D eigenvalue weighted by molar-refractivity contribution is 6.02. The summed E-state index contributed by atoms with van der Waals surface area (Å²) >= 11 is 0. The van der Waals surface area contributed by atoms with Crippen LogP contribution in [0.4, 0.5) is 5.69 Å². The predicted molar refractivity (Wildman–Crippen MR) is 111 cm³/mol. The van der Waals surface area contributed by atoms with E-state index in [0.29, 0.717) is 23.7 Å². The number of amides is 2. The first-order valence-electron chi connectivity index (χ1n) is 10.2. The Bertz CT molecular complexity index is 1140. The first-order chi connectivity index (χ1) is 15.1. The normalized spacial score (nSPS) is 21.3. The Hall–Kier alpha value is -3.53. The summed E-state index contributed by atoms with van der Waals surface area (Å²) in [4.78, 5) is 35.8. The predicted octanol–water partition coefficient (Wildman–Crippen LogP) is 1.33. The number of nitrogens with one attached hydrogen (secondary N) is 1. The third-order valence-corrected chi connectivity index (χ3v) is 5.59. The molecule has 2 aromatic heterocycles. The van der Waals surface area contributed by atoms with Gasteiger partial charge in [-0.2, -0.15) is 5.10 Å². The van der Waals surface area contributed by atoms with E-state index in [1.54, 1.807) is 36.3 Å². The second-order valence-corrected chi connectivity index (χ2v) is 7.63. The number of para-hydroxylation sites is 2. The number of hydrogen-bond donors (Lipinski definition) is 1. The molecule has 3 aromatic rings. The molecule has 5 rings (SSSR count). The summed E-state index contributed by atoms with van der Waals surface area (Å²) < 4.78 is 13.1.